The SMILES string of the molecule is COC(=O)CC#Cc1cc(C(F)(F)F)ccc1Cl. The first-order valence-electron chi connectivity index (χ1n) is 4.77. The average Bonchev–Trinajstić information content (AvgIpc) is 2.29. The van der Waals surface area contributed by atoms with Crippen molar-refractivity contribution in [3.63, 3.8) is 0 Å². The lowest BCUT2D eigenvalue weighted by molar-refractivity contribution is -0.139. The highest BCUT2D eigenvalue weighted by Gasteiger charge is 2.30. The van der Waals surface area contributed by atoms with E-state index in [1.54, 1.807) is 0 Å². The summed E-state index contributed by atoms with van der Waals surface area (Å²) in [4.78, 5) is 10.8. The molecule has 96 valence electrons. The zero-order valence-electron chi connectivity index (χ0n) is 9.27. The van der Waals surface area contributed by atoms with Crippen molar-refractivity contribution in [1.82, 2.24) is 0 Å². The summed E-state index contributed by atoms with van der Waals surface area (Å²) in [6.07, 6.45) is -4.66. The predicted molar refractivity (Wildman–Crippen MR) is 60.0 cm³/mol. The van der Waals surface area contributed by atoms with E-state index in [1.165, 1.54) is 7.11 Å². The van der Waals surface area contributed by atoms with Crippen molar-refractivity contribution in [3.8, 4) is 11.8 Å². The van der Waals surface area contributed by atoms with E-state index in [-0.39, 0.29) is 17.0 Å². The molecule has 0 radical (unpaired) electrons. The Morgan fingerprint density at radius 1 is 1.44 bits per heavy atom. The van der Waals surface area contributed by atoms with E-state index in [4.69, 9.17) is 11.6 Å². The molecule has 0 N–H and O–H groups in total. The van der Waals surface area contributed by atoms with Gasteiger partial charge in [0, 0.05) is 5.56 Å². The van der Waals surface area contributed by atoms with E-state index in [1.807, 2.05) is 0 Å². The van der Waals surface area contributed by atoms with Gasteiger partial charge in [0.05, 0.1) is 17.7 Å². The molecule has 0 unspecified atom stereocenters. The zero-order valence-corrected chi connectivity index (χ0v) is 10.0. The lowest BCUT2D eigenvalue weighted by Crippen LogP contribution is -2.05. The van der Waals surface area contributed by atoms with Crippen LogP contribution in [0.15, 0.2) is 18.2 Å². The number of rotatable bonds is 1. The van der Waals surface area contributed by atoms with E-state index >= 15 is 0 Å². The van der Waals surface area contributed by atoms with Crippen LogP contribution < -0.4 is 0 Å². The Kier molecular flexibility index (Phi) is 4.62. The Morgan fingerprint density at radius 3 is 2.67 bits per heavy atom. The molecule has 0 amide bonds. The summed E-state index contributed by atoms with van der Waals surface area (Å²) in [5.41, 5.74) is -0.815. The van der Waals surface area contributed by atoms with Crippen molar-refractivity contribution in [3.05, 3.63) is 34.3 Å². The molecule has 0 aliphatic heterocycles. The number of carbonyl (C=O) groups is 1. The summed E-state index contributed by atoms with van der Waals surface area (Å²) in [5.74, 6) is 4.24. The second kappa shape index (κ2) is 5.78. The molecule has 0 aromatic heterocycles. The van der Waals surface area contributed by atoms with Gasteiger partial charge >= 0.3 is 12.1 Å². The molecule has 0 saturated carbocycles. The summed E-state index contributed by atoms with van der Waals surface area (Å²) in [6, 6.07) is 2.83. The van der Waals surface area contributed by atoms with Crippen molar-refractivity contribution >= 4 is 17.6 Å². The molecular weight excluding hydrogens is 269 g/mol. The molecule has 0 spiro atoms. The first-order valence-corrected chi connectivity index (χ1v) is 5.15. The Labute approximate surface area is 107 Å². The van der Waals surface area contributed by atoms with Gasteiger partial charge in [0.2, 0.25) is 0 Å². The molecule has 0 heterocycles. The summed E-state index contributed by atoms with van der Waals surface area (Å²) in [5, 5.41) is 0.0976. The first-order chi connectivity index (χ1) is 8.34. The maximum atomic E-state index is 12.4. The van der Waals surface area contributed by atoms with Crippen LogP contribution in [0.2, 0.25) is 5.02 Å². The van der Waals surface area contributed by atoms with E-state index in [9.17, 15) is 18.0 Å². The summed E-state index contributed by atoms with van der Waals surface area (Å²) in [6.45, 7) is 0. The van der Waals surface area contributed by atoms with E-state index in [0.29, 0.717) is 0 Å². The third-order valence-corrected chi connectivity index (χ3v) is 2.31. The minimum Gasteiger partial charge on any atom is -0.468 e. The fraction of sp³-hybridized carbons (Fsp3) is 0.250. The monoisotopic (exact) mass is 276 g/mol. The minimum absolute atomic E-state index is 0.0235. The van der Waals surface area contributed by atoms with E-state index < -0.39 is 17.7 Å². The molecule has 0 fully saturated rings. The Morgan fingerprint density at radius 2 is 2.11 bits per heavy atom. The quantitative estimate of drug-likeness (QED) is 0.581. The molecule has 2 nitrogen and oxygen atoms in total. The van der Waals surface area contributed by atoms with Crippen LogP contribution in [0.3, 0.4) is 0 Å². The average molecular weight is 277 g/mol. The maximum absolute atomic E-state index is 12.4. The standard InChI is InChI=1S/C12H8ClF3O2/c1-18-11(17)4-2-3-8-7-9(12(14,15)16)5-6-10(8)13/h5-7H,4H2,1H3. The van der Waals surface area contributed by atoms with Crippen LogP contribution in [0.25, 0.3) is 0 Å². The van der Waals surface area contributed by atoms with Crippen molar-refractivity contribution < 1.29 is 22.7 Å². The molecule has 0 bridgehead atoms. The number of hydrogen-bond acceptors (Lipinski definition) is 2. The smallest absolute Gasteiger partial charge is 0.416 e. The van der Waals surface area contributed by atoms with Crippen molar-refractivity contribution in [2.45, 2.75) is 12.6 Å². The van der Waals surface area contributed by atoms with Gasteiger partial charge in [0.25, 0.3) is 0 Å². The van der Waals surface area contributed by atoms with Gasteiger partial charge in [-0.15, -0.1) is 0 Å². The maximum Gasteiger partial charge on any atom is 0.416 e. The second-order valence-corrected chi connectivity index (χ2v) is 3.65. The Balaban J connectivity index is 2.98. The van der Waals surface area contributed by atoms with Gasteiger partial charge in [-0.3, -0.25) is 4.79 Å². The third kappa shape index (κ3) is 3.97. The highest BCUT2D eigenvalue weighted by molar-refractivity contribution is 6.31. The summed E-state index contributed by atoms with van der Waals surface area (Å²) < 4.78 is 41.7. The topological polar surface area (TPSA) is 26.3 Å². The number of halogens is 4. The number of alkyl halides is 3. The van der Waals surface area contributed by atoms with Gasteiger partial charge in [0.15, 0.2) is 0 Å². The lowest BCUT2D eigenvalue weighted by atomic mass is 10.1. The van der Waals surface area contributed by atoms with Crippen molar-refractivity contribution in [2.75, 3.05) is 7.11 Å². The zero-order chi connectivity index (χ0) is 13.8. The van der Waals surface area contributed by atoms with Crippen LogP contribution in [-0.4, -0.2) is 13.1 Å². The van der Waals surface area contributed by atoms with Crippen molar-refractivity contribution in [2.24, 2.45) is 0 Å². The van der Waals surface area contributed by atoms with Gasteiger partial charge in [-0.2, -0.15) is 13.2 Å². The molecular formula is C12H8ClF3O2. The minimum atomic E-state index is -4.45. The fourth-order valence-electron chi connectivity index (χ4n) is 1.08. The molecule has 18 heavy (non-hydrogen) atoms. The summed E-state index contributed by atoms with van der Waals surface area (Å²) in [7, 11) is 1.20. The van der Waals surface area contributed by atoms with E-state index in [2.05, 4.69) is 16.6 Å². The molecule has 1 aromatic carbocycles. The number of hydrogen-bond donors (Lipinski definition) is 0. The molecule has 1 rings (SSSR count). The number of ether oxygens (including phenoxy) is 1. The Hall–Kier alpha value is -1.67. The molecule has 0 saturated heterocycles. The van der Waals surface area contributed by atoms with Crippen LogP contribution in [-0.2, 0) is 15.7 Å². The van der Waals surface area contributed by atoms with Gasteiger partial charge in [0.1, 0.15) is 6.42 Å². The van der Waals surface area contributed by atoms with Gasteiger partial charge in [-0.25, -0.2) is 0 Å². The second-order valence-electron chi connectivity index (χ2n) is 3.25. The highest BCUT2D eigenvalue weighted by Crippen LogP contribution is 2.31. The normalized spacial score (nSPS) is 10.5. The molecule has 6 heteroatoms. The fourth-order valence-corrected chi connectivity index (χ4v) is 1.25. The van der Waals surface area contributed by atoms with Gasteiger partial charge in [-0.1, -0.05) is 23.4 Å². The predicted octanol–water partition coefficient (Wildman–Crippen LogP) is 3.27. The van der Waals surface area contributed by atoms with Crippen LogP contribution in [0.5, 0.6) is 0 Å². The van der Waals surface area contributed by atoms with Crippen molar-refractivity contribution in [1.29, 1.82) is 0 Å². The number of carbonyl (C=O) groups excluding carboxylic acids is 1. The first kappa shape index (κ1) is 14.4. The number of methoxy groups -OCH3 is 1. The third-order valence-electron chi connectivity index (χ3n) is 1.98. The Bertz CT molecular complexity index is 512. The van der Waals surface area contributed by atoms with E-state index in [0.717, 1.165) is 18.2 Å². The van der Waals surface area contributed by atoms with Crippen LogP contribution in [0.1, 0.15) is 17.5 Å². The molecule has 1 aromatic rings. The summed E-state index contributed by atoms with van der Waals surface area (Å²) >= 11 is 5.71. The highest BCUT2D eigenvalue weighted by atomic mass is 35.5. The van der Waals surface area contributed by atoms with Gasteiger partial charge in [-0.05, 0) is 18.2 Å². The largest absolute Gasteiger partial charge is 0.468 e. The number of esters is 1. The van der Waals surface area contributed by atoms with Crippen LogP contribution in [0, 0.1) is 11.8 Å². The van der Waals surface area contributed by atoms with Crippen LogP contribution >= 0.6 is 11.6 Å². The van der Waals surface area contributed by atoms with Crippen LogP contribution in [0.4, 0.5) is 13.2 Å². The molecule has 0 aliphatic rings. The lowest BCUT2D eigenvalue weighted by Gasteiger charge is -2.07. The molecule has 0 atom stereocenters. The van der Waals surface area contributed by atoms with Gasteiger partial charge < -0.3 is 4.74 Å². The molecule has 0 aliphatic carbocycles. The number of benzene rings is 1.